The summed E-state index contributed by atoms with van der Waals surface area (Å²) in [5.41, 5.74) is 2.27. The van der Waals surface area contributed by atoms with Gasteiger partial charge in [-0.3, -0.25) is 9.69 Å². The van der Waals surface area contributed by atoms with E-state index in [1.165, 1.54) is 0 Å². The van der Waals surface area contributed by atoms with Crippen LogP contribution in [0.4, 0.5) is 0 Å². The zero-order chi connectivity index (χ0) is 19.8. The van der Waals surface area contributed by atoms with Crippen LogP contribution in [0.3, 0.4) is 0 Å². The van der Waals surface area contributed by atoms with Crippen molar-refractivity contribution in [3.05, 3.63) is 59.7 Å². The van der Waals surface area contributed by atoms with E-state index in [9.17, 15) is 4.79 Å². The summed E-state index contributed by atoms with van der Waals surface area (Å²) in [4.78, 5) is 14.7. The van der Waals surface area contributed by atoms with E-state index in [1.54, 1.807) is 7.11 Å². The molecule has 6 nitrogen and oxygen atoms in total. The Morgan fingerprint density at radius 2 is 1.89 bits per heavy atom. The number of nitrogens with one attached hydrogen (secondary N) is 1. The minimum Gasteiger partial charge on any atom is -0.497 e. The highest BCUT2D eigenvalue weighted by Crippen LogP contribution is 2.24. The lowest BCUT2D eigenvalue weighted by Gasteiger charge is -2.35. The van der Waals surface area contributed by atoms with Crippen molar-refractivity contribution in [2.45, 2.75) is 13.0 Å². The van der Waals surface area contributed by atoms with Crippen LogP contribution >= 0.6 is 0 Å². The number of benzene rings is 2. The molecule has 3 rings (SSSR count). The predicted molar refractivity (Wildman–Crippen MR) is 108 cm³/mol. The number of hydrogen-bond acceptors (Lipinski definition) is 5. The van der Waals surface area contributed by atoms with Gasteiger partial charge in [-0.1, -0.05) is 29.8 Å². The van der Waals surface area contributed by atoms with Gasteiger partial charge in [-0.25, -0.2) is 0 Å². The fourth-order valence-electron chi connectivity index (χ4n) is 3.24. The van der Waals surface area contributed by atoms with Crippen molar-refractivity contribution in [2.75, 3.05) is 46.6 Å². The molecule has 1 aliphatic heterocycles. The molecule has 6 heteroatoms. The fourth-order valence-corrected chi connectivity index (χ4v) is 3.24. The molecule has 0 aromatic heterocycles. The summed E-state index contributed by atoms with van der Waals surface area (Å²) in [5, 5.41) is 3.01. The zero-order valence-electron chi connectivity index (χ0n) is 16.5. The highest BCUT2D eigenvalue weighted by molar-refractivity contribution is 5.77. The maximum absolute atomic E-state index is 12.3. The smallest absolute Gasteiger partial charge is 0.258 e. The molecule has 0 aliphatic carbocycles. The van der Waals surface area contributed by atoms with E-state index in [0.29, 0.717) is 25.5 Å². The van der Waals surface area contributed by atoms with Crippen molar-refractivity contribution >= 4 is 5.91 Å². The van der Waals surface area contributed by atoms with Crippen molar-refractivity contribution in [3.8, 4) is 11.5 Å². The molecule has 1 N–H and O–H groups in total. The van der Waals surface area contributed by atoms with Crippen molar-refractivity contribution in [1.82, 2.24) is 10.2 Å². The molecule has 0 radical (unpaired) electrons. The van der Waals surface area contributed by atoms with E-state index in [1.807, 2.05) is 49.4 Å². The number of carbonyl (C=O) groups is 1. The Morgan fingerprint density at radius 3 is 2.61 bits per heavy atom. The third-order valence-electron chi connectivity index (χ3n) is 4.85. The molecule has 0 spiro atoms. The summed E-state index contributed by atoms with van der Waals surface area (Å²) < 4.78 is 16.4. The molecule has 1 aliphatic rings. The molecule has 0 bridgehead atoms. The highest BCUT2D eigenvalue weighted by atomic mass is 16.5. The number of ether oxygens (including phenoxy) is 3. The zero-order valence-corrected chi connectivity index (χ0v) is 16.5. The largest absolute Gasteiger partial charge is 0.497 e. The molecular weight excluding hydrogens is 356 g/mol. The number of nitrogens with zero attached hydrogens (tertiary/aromatic N) is 1. The lowest BCUT2D eigenvalue weighted by atomic mass is 10.0. The average Bonchev–Trinajstić information content (AvgIpc) is 2.74. The van der Waals surface area contributed by atoms with E-state index in [2.05, 4.69) is 16.3 Å². The van der Waals surface area contributed by atoms with E-state index in [4.69, 9.17) is 14.2 Å². The van der Waals surface area contributed by atoms with Gasteiger partial charge in [-0.05, 0) is 36.8 Å². The SMILES string of the molecule is COc1cccc([C@@H](CNC(=O)COc2ccc(C)cc2)N2CCOCC2)c1. The Morgan fingerprint density at radius 1 is 1.14 bits per heavy atom. The summed E-state index contributed by atoms with van der Waals surface area (Å²) in [5.74, 6) is 1.37. The van der Waals surface area contributed by atoms with Gasteiger partial charge in [0.1, 0.15) is 11.5 Å². The molecular formula is C22H28N2O4. The molecule has 1 saturated heterocycles. The van der Waals surface area contributed by atoms with Gasteiger partial charge in [0.25, 0.3) is 5.91 Å². The molecule has 0 unspecified atom stereocenters. The highest BCUT2D eigenvalue weighted by Gasteiger charge is 2.23. The number of hydrogen-bond donors (Lipinski definition) is 1. The Bertz CT molecular complexity index is 757. The molecule has 1 amide bonds. The van der Waals surface area contributed by atoms with Crippen LogP contribution in [0.5, 0.6) is 11.5 Å². The molecule has 0 saturated carbocycles. The number of amides is 1. The van der Waals surface area contributed by atoms with Crippen LogP contribution in [-0.2, 0) is 9.53 Å². The Hall–Kier alpha value is -2.57. The topological polar surface area (TPSA) is 60.0 Å². The first-order valence-electron chi connectivity index (χ1n) is 9.57. The summed E-state index contributed by atoms with van der Waals surface area (Å²) in [6.07, 6.45) is 0. The quantitative estimate of drug-likeness (QED) is 0.758. The second kappa shape index (κ2) is 10.1. The molecule has 2 aromatic carbocycles. The number of methoxy groups -OCH3 is 1. The Labute approximate surface area is 166 Å². The standard InChI is InChI=1S/C22H28N2O4/c1-17-6-8-19(9-7-17)28-16-22(25)23-15-21(24-10-12-27-13-11-24)18-4-3-5-20(14-18)26-2/h3-9,14,21H,10-13,15-16H2,1-2H3,(H,23,25)/t21-/m1/s1. The van der Waals surface area contributed by atoms with Crippen LogP contribution in [0.25, 0.3) is 0 Å². The van der Waals surface area contributed by atoms with Gasteiger partial charge in [0.2, 0.25) is 0 Å². The van der Waals surface area contributed by atoms with Gasteiger partial charge in [-0.15, -0.1) is 0 Å². The normalized spacial score (nSPS) is 15.6. The molecule has 150 valence electrons. The molecule has 28 heavy (non-hydrogen) atoms. The first-order valence-corrected chi connectivity index (χ1v) is 9.57. The van der Waals surface area contributed by atoms with E-state index < -0.39 is 0 Å². The summed E-state index contributed by atoms with van der Waals surface area (Å²) >= 11 is 0. The van der Waals surface area contributed by atoms with Crippen LogP contribution < -0.4 is 14.8 Å². The number of rotatable bonds is 8. The lowest BCUT2D eigenvalue weighted by Crippen LogP contribution is -2.44. The maximum Gasteiger partial charge on any atom is 0.258 e. The van der Waals surface area contributed by atoms with Gasteiger partial charge in [-0.2, -0.15) is 0 Å². The van der Waals surface area contributed by atoms with Gasteiger partial charge in [0, 0.05) is 19.6 Å². The van der Waals surface area contributed by atoms with Crippen LogP contribution in [0, 0.1) is 6.92 Å². The molecule has 1 heterocycles. The minimum absolute atomic E-state index is 0.00297. The summed E-state index contributed by atoms with van der Waals surface area (Å²) in [6, 6.07) is 15.7. The molecule has 2 aromatic rings. The van der Waals surface area contributed by atoms with E-state index in [-0.39, 0.29) is 18.6 Å². The second-order valence-electron chi connectivity index (χ2n) is 6.85. The van der Waals surface area contributed by atoms with Gasteiger partial charge in [0.15, 0.2) is 6.61 Å². The van der Waals surface area contributed by atoms with Crippen molar-refractivity contribution < 1.29 is 19.0 Å². The van der Waals surface area contributed by atoms with Crippen LogP contribution in [0.15, 0.2) is 48.5 Å². The van der Waals surface area contributed by atoms with Gasteiger partial charge in [0.05, 0.1) is 26.4 Å². The molecule has 1 atom stereocenters. The number of aryl methyl sites for hydroxylation is 1. The maximum atomic E-state index is 12.3. The third kappa shape index (κ3) is 5.71. The van der Waals surface area contributed by atoms with Crippen molar-refractivity contribution in [1.29, 1.82) is 0 Å². The average molecular weight is 384 g/mol. The van der Waals surface area contributed by atoms with Crippen LogP contribution in [0.2, 0.25) is 0 Å². The van der Waals surface area contributed by atoms with Gasteiger partial charge < -0.3 is 19.5 Å². The van der Waals surface area contributed by atoms with Gasteiger partial charge >= 0.3 is 0 Å². The van der Waals surface area contributed by atoms with E-state index >= 15 is 0 Å². The van der Waals surface area contributed by atoms with Crippen LogP contribution in [-0.4, -0.2) is 57.4 Å². The first kappa shape index (κ1) is 20.2. The van der Waals surface area contributed by atoms with Crippen molar-refractivity contribution in [3.63, 3.8) is 0 Å². The molecule has 1 fully saturated rings. The summed E-state index contributed by atoms with van der Waals surface area (Å²) in [6.45, 7) is 5.58. The lowest BCUT2D eigenvalue weighted by molar-refractivity contribution is -0.123. The fraction of sp³-hybridized carbons (Fsp3) is 0.409. The number of carbonyl (C=O) groups excluding carboxylic acids is 1. The monoisotopic (exact) mass is 384 g/mol. The second-order valence-corrected chi connectivity index (χ2v) is 6.85. The Kier molecular flexibility index (Phi) is 7.28. The van der Waals surface area contributed by atoms with E-state index in [0.717, 1.165) is 30.0 Å². The van der Waals surface area contributed by atoms with Crippen molar-refractivity contribution in [2.24, 2.45) is 0 Å². The summed E-state index contributed by atoms with van der Waals surface area (Å²) in [7, 11) is 1.66. The predicted octanol–water partition coefficient (Wildman–Crippen LogP) is 2.57. The Balaban J connectivity index is 1.60. The minimum atomic E-state index is -0.137. The number of morpholine rings is 1. The first-order chi connectivity index (χ1) is 13.7. The van der Waals surface area contributed by atoms with Crippen LogP contribution in [0.1, 0.15) is 17.2 Å². The third-order valence-corrected chi connectivity index (χ3v) is 4.85.